The average Bonchev–Trinajstić information content (AvgIpc) is 3.20. The maximum absolute atomic E-state index is 10.9. The molecule has 2 aromatic carbocycles. The van der Waals surface area contributed by atoms with Crippen molar-refractivity contribution < 1.29 is 17.7 Å². The normalized spacial score (nSPS) is 14.1. The minimum Gasteiger partial charge on any atom is -0.750 e. The Morgan fingerprint density at radius 3 is 2.55 bits per heavy atom. The highest BCUT2D eigenvalue weighted by molar-refractivity contribution is 7.74. The van der Waals surface area contributed by atoms with Gasteiger partial charge in [0.25, 0.3) is 0 Å². The second-order valence-corrected chi connectivity index (χ2v) is 9.92. The SMILES string of the molecule is CCC(CCc1ccc(OCc2ccccc2)c(CN)c1)c1cc(C)c(C(C)OS(=O)[O-])s1. The lowest BCUT2D eigenvalue weighted by molar-refractivity contribution is 0.226. The van der Waals surface area contributed by atoms with E-state index in [1.54, 1.807) is 18.3 Å². The number of benzene rings is 2. The van der Waals surface area contributed by atoms with Crippen molar-refractivity contribution >= 4 is 22.7 Å². The number of ether oxygens (including phenoxy) is 1. The first-order chi connectivity index (χ1) is 15.9. The van der Waals surface area contributed by atoms with Crippen molar-refractivity contribution in [1.29, 1.82) is 0 Å². The van der Waals surface area contributed by atoms with Gasteiger partial charge >= 0.3 is 0 Å². The molecule has 0 bridgehead atoms. The zero-order chi connectivity index (χ0) is 23.8. The largest absolute Gasteiger partial charge is 0.750 e. The molecule has 0 radical (unpaired) electrons. The first kappa shape index (κ1) is 25.6. The van der Waals surface area contributed by atoms with Crippen LogP contribution in [0.4, 0.5) is 0 Å². The van der Waals surface area contributed by atoms with Crippen LogP contribution in [0.25, 0.3) is 0 Å². The van der Waals surface area contributed by atoms with Crippen molar-refractivity contribution in [3.8, 4) is 5.75 Å². The Hall–Kier alpha value is -2.03. The van der Waals surface area contributed by atoms with Crippen LogP contribution >= 0.6 is 11.3 Å². The molecule has 0 saturated carbocycles. The third-order valence-electron chi connectivity index (χ3n) is 5.83. The summed E-state index contributed by atoms with van der Waals surface area (Å²) < 4.78 is 32.8. The molecule has 0 fully saturated rings. The summed E-state index contributed by atoms with van der Waals surface area (Å²) in [5.74, 6) is 1.24. The van der Waals surface area contributed by atoms with Crippen molar-refractivity contribution in [3.05, 3.63) is 86.6 Å². The smallest absolute Gasteiger partial charge is 0.124 e. The monoisotopic (exact) mass is 486 g/mol. The second-order valence-electron chi connectivity index (χ2n) is 8.20. The van der Waals surface area contributed by atoms with E-state index in [1.165, 1.54) is 10.4 Å². The summed E-state index contributed by atoms with van der Waals surface area (Å²) in [6.07, 6.45) is 2.50. The second kappa shape index (κ2) is 12.4. The Morgan fingerprint density at radius 2 is 1.88 bits per heavy atom. The van der Waals surface area contributed by atoms with Crippen LogP contribution in [0.5, 0.6) is 5.75 Å². The van der Waals surface area contributed by atoms with Gasteiger partial charge in [0.1, 0.15) is 18.5 Å². The molecule has 0 aliphatic rings. The third kappa shape index (κ3) is 7.22. The molecule has 0 saturated heterocycles. The molecule has 33 heavy (non-hydrogen) atoms. The minimum absolute atomic E-state index is 0.405. The molecule has 7 heteroatoms. The van der Waals surface area contributed by atoms with E-state index in [0.717, 1.165) is 46.6 Å². The molecular formula is C26H32NO4S2-. The Kier molecular flexibility index (Phi) is 9.64. The van der Waals surface area contributed by atoms with Crippen molar-refractivity contribution in [1.82, 2.24) is 0 Å². The summed E-state index contributed by atoms with van der Waals surface area (Å²) in [5, 5.41) is 0. The minimum atomic E-state index is -2.52. The summed E-state index contributed by atoms with van der Waals surface area (Å²) >= 11 is -0.864. The number of nitrogens with two attached hydrogens (primary N) is 1. The van der Waals surface area contributed by atoms with Crippen LogP contribution in [0.15, 0.2) is 54.6 Å². The molecule has 0 aliphatic heterocycles. The lowest BCUT2D eigenvalue weighted by Gasteiger charge is -2.16. The predicted octanol–water partition coefficient (Wildman–Crippen LogP) is 6.09. The fraction of sp³-hybridized carbons (Fsp3) is 0.385. The topological polar surface area (TPSA) is 84.6 Å². The van der Waals surface area contributed by atoms with Crippen LogP contribution in [0.1, 0.15) is 70.7 Å². The van der Waals surface area contributed by atoms with E-state index in [1.807, 2.05) is 43.3 Å². The lowest BCUT2D eigenvalue weighted by Crippen LogP contribution is -2.04. The van der Waals surface area contributed by atoms with Gasteiger partial charge in [-0.1, -0.05) is 49.4 Å². The van der Waals surface area contributed by atoms with E-state index in [4.69, 9.17) is 14.7 Å². The molecule has 0 amide bonds. The summed E-state index contributed by atoms with van der Waals surface area (Å²) in [7, 11) is 0. The molecule has 3 aromatic rings. The van der Waals surface area contributed by atoms with Gasteiger partial charge in [-0.2, -0.15) is 0 Å². The van der Waals surface area contributed by atoms with Gasteiger partial charge in [0.05, 0.1) is 11.4 Å². The van der Waals surface area contributed by atoms with Crippen LogP contribution in [0.3, 0.4) is 0 Å². The molecule has 3 rings (SSSR count). The van der Waals surface area contributed by atoms with E-state index in [2.05, 4.69) is 25.1 Å². The summed E-state index contributed by atoms with van der Waals surface area (Å²) in [6, 6.07) is 18.6. The zero-order valence-corrected chi connectivity index (χ0v) is 21.0. The quantitative estimate of drug-likeness (QED) is 0.313. The number of hydrogen-bond donors (Lipinski definition) is 1. The molecule has 3 unspecified atom stereocenters. The fourth-order valence-corrected chi connectivity index (χ4v) is 5.77. The van der Waals surface area contributed by atoms with Gasteiger partial charge in [0.2, 0.25) is 0 Å². The van der Waals surface area contributed by atoms with Crippen molar-refractivity contribution in [2.24, 2.45) is 5.73 Å². The van der Waals surface area contributed by atoms with E-state index >= 15 is 0 Å². The fourth-order valence-electron chi connectivity index (χ4n) is 4.00. The van der Waals surface area contributed by atoms with E-state index < -0.39 is 17.5 Å². The van der Waals surface area contributed by atoms with E-state index in [0.29, 0.717) is 19.1 Å². The van der Waals surface area contributed by atoms with E-state index in [9.17, 15) is 8.76 Å². The van der Waals surface area contributed by atoms with Gasteiger partial charge in [-0.15, -0.1) is 11.3 Å². The molecule has 0 spiro atoms. The highest BCUT2D eigenvalue weighted by Gasteiger charge is 2.19. The summed E-state index contributed by atoms with van der Waals surface area (Å²) in [4.78, 5) is 2.25. The molecule has 5 nitrogen and oxygen atoms in total. The van der Waals surface area contributed by atoms with Crippen LogP contribution in [-0.2, 0) is 35.1 Å². The van der Waals surface area contributed by atoms with Crippen molar-refractivity contribution in [2.75, 3.05) is 0 Å². The van der Waals surface area contributed by atoms with Gasteiger partial charge in [0.15, 0.2) is 0 Å². The standard InChI is InChI=1S/C26H33NO4S2/c1-4-22(25-14-18(2)26(32-25)19(3)31-33(28)29)12-10-20-11-13-24(23(15-20)16-27)30-17-21-8-6-5-7-9-21/h5-9,11,13-15,19,22H,4,10,12,16-17,27H2,1-3H3,(H,28,29)/p-1. The maximum Gasteiger partial charge on any atom is 0.124 e. The van der Waals surface area contributed by atoms with Crippen LogP contribution < -0.4 is 10.5 Å². The van der Waals surface area contributed by atoms with Crippen molar-refractivity contribution in [2.45, 2.75) is 65.2 Å². The zero-order valence-electron chi connectivity index (χ0n) is 19.4. The maximum atomic E-state index is 10.9. The third-order valence-corrected chi connectivity index (χ3v) is 7.83. The Morgan fingerprint density at radius 1 is 1.12 bits per heavy atom. The van der Waals surface area contributed by atoms with Gasteiger partial charge < -0.3 is 15.0 Å². The van der Waals surface area contributed by atoms with Gasteiger partial charge in [0, 0.05) is 21.9 Å². The summed E-state index contributed by atoms with van der Waals surface area (Å²) in [5.41, 5.74) is 10.5. The Balaban J connectivity index is 1.65. The van der Waals surface area contributed by atoms with Gasteiger partial charge in [-0.3, -0.25) is 4.18 Å². The van der Waals surface area contributed by atoms with Gasteiger partial charge in [-0.25, -0.2) is 4.21 Å². The Bertz CT molecular complexity index is 1050. The molecule has 2 N–H and O–H groups in total. The number of aryl methyl sites for hydroxylation is 2. The Labute approximate surface area is 203 Å². The first-order valence-electron chi connectivity index (χ1n) is 11.3. The number of rotatable bonds is 12. The lowest BCUT2D eigenvalue weighted by atomic mass is 9.94. The number of thiophene rings is 1. The molecule has 178 valence electrons. The van der Waals surface area contributed by atoms with Crippen molar-refractivity contribution in [3.63, 3.8) is 0 Å². The summed E-state index contributed by atoms with van der Waals surface area (Å²) in [6.45, 7) is 6.93. The highest BCUT2D eigenvalue weighted by Crippen LogP contribution is 2.37. The molecule has 3 atom stereocenters. The first-order valence-corrected chi connectivity index (χ1v) is 13.1. The predicted molar refractivity (Wildman–Crippen MR) is 134 cm³/mol. The number of hydrogen-bond acceptors (Lipinski definition) is 6. The van der Waals surface area contributed by atoms with E-state index in [-0.39, 0.29) is 0 Å². The van der Waals surface area contributed by atoms with Crippen LogP contribution in [-0.4, -0.2) is 8.76 Å². The highest BCUT2D eigenvalue weighted by atomic mass is 32.2. The molecule has 1 aromatic heterocycles. The average molecular weight is 487 g/mol. The molecular weight excluding hydrogens is 454 g/mol. The van der Waals surface area contributed by atoms with Crippen LogP contribution in [0, 0.1) is 6.92 Å². The molecule has 1 heterocycles. The molecule has 0 aliphatic carbocycles. The van der Waals surface area contributed by atoms with Gasteiger partial charge in [-0.05, 0) is 67.9 Å². The van der Waals surface area contributed by atoms with Crippen LogP contribution in [0.2, 0.25) is 0 Å².